The standard InChI is InChI=1S/C13H7ClFN3OS/c14-13-18-9-2-1-7(5-10(9)20-13)12(19)17-8-3-4-16-11(15)6-8/h1-6H,(H,16,17,19). The number of fused-ring (bicyclic) bond motifs is 1. The molecule has 0 saturated heterocycles. The number of nitrogens with one attached hydrogen (secondary N) is 1. The van der Waals surface area contributed by atoms with E-state index in [0.717, 1.165) is 16.3 Å². The molecule has 0 radical (unpaired) electrons. The highest BCUT2D eigenvalue weighted by Gasteiger charge is 2.09. The average Bonchev–Trinajstić information content (AvgIpc) is 2.77. The molecule has 3 aromatic rings. The van der Waals surface area contributed by atoms with Crippen molar-refractivity contribution < 1.29 is 9.18 Å². The van der Waals surface area contributed by atoms with Gasteiger partial charge in [0.1, 0.15) is 0 Å². The average molecular weight is 308 g/mol. The highest BCUT2D eigenvalue weighted by molar-refractivity contribution is 7.22. The van der Waals surface area contributed by atoms with E-state index in [-0.39, 0.29) is 5.91 Å². The third kappa shape index (κ3) is 2.61. The van der Waals surface area contributed by atoms with Crippen LogP contribution in [0.5, 0.6) is 0 Å². The molecular formula is C13H7ClFN3OS. The predicted molar refractivity (Wildman–Crippen MR) is 76.8 cm³/mol. The second-order valence-corrected chi connectivity index (χ2v) is 5.58. The normalized spacial score (nSPS) is 10.7. The Morgan fingerprint density at radius 2 is 2.15 bits per heavy atom. The van der Waals surface area contributed by atoms with E-state index >= 15 is 0 Å². The fourth-order valence-electron chi connectivity index (χ4n) is 1.72. The Bertz CT molecular complexity index is 805. The number of amides is 1. The summed E-state index contributed by atoms with van der Waals surface area (Å²) in [6.07, 6.45) is 1.29. The molecule has 7 heteroatoms. The van der Waals surface area contributed by atoms with Crippen molar-refractivity contribution in [1.82, 2.24) is 9.97 Å². The molecule has 3 rings (SSSR count). The first-order valence-corrected chi connectivity index (χ1v) is 6.80. The van der Waals surface area contributed by atoms with Crippen LogP contribution in [-0.2, 0) is 0 Å². The number of nitrogens with zero attached hydrogens (tertiary/aromatic N) is 2. The number of benzene rings is 1. The van der Waals surface area contributed by atoms with Gasteiger partial charge < -0.3 is 5.32 Å². The van der Waals surface area contributed by atoms with Crippen molar-refractivity contribution in [1.29, 1.82) is 0 Å². The molecule has 0 unspecified atom stereocenters. The number of pyridine rings is 1. The van der Waals surface area contributed by atoms with E-state index in [1.807, 2.05) is 0 Å². The largest absolute Gasteiger partial charge is 0.322 e. The molecule has 0 saturated carbocycles. The molecular weight excluding hydrogens is 301 g/mol. The van der Waals surface area contributed by atoms with E-state index in [4.69, 9.17) is 11.6 Å². The van der Waals surface area contributed by atoms with E-state index < -0.39 is 5.95 Å². The first-order valence-electron chi connectivity index (χ1n) is 5.61. The van der Waals surface area contributed by atoms with Gasteiger partial charge in [-0.2, -0.15) is 4.39 Å². The SMILES string of the molecule is O=C(Nc1ccnc(F)c1)c1ccc2nc(Cl)sc2c1. The number of hydrogen-bond donors (Lipinski definition) is 1. The molecule has 1 amide bonds. The van der Waals surface area contributed by atoms with E-state index in [2.05, 4.69) is 15.3 Å². The quantitative estimate of drug-likeness (QED) is 0.734. The first kappa shape index (κ1) is 13.0. The summed E-state index contributed by atoms with van der Waals surface area (Å²) in [5.74, 6) is -0.977. The highest BCUT2D eigenvalue weighted by atomic mass is 35.5. The second-order valence-electron chi connectivity index (χ2n) is 3.97. The van der Waals surface area contributed by atoms with Gasteiger partial charge in [-0.1, -0.05) is 11.6 Å². The van der Waals surface area contributed by atoms with Crippen molar-refractivity contribution in [3.05, 3.63) is 52.5 Å². The maximum atomic E-state index is 12.9. The molecule has 0 atom stereocenters. The molecule has 20 heavy (non-hydrogen) atoms. The Labute approximate surface area is 122 Å². The van der Waals surface area contributed by atoms with Crippen LogP contribution < -0.4 is 5.32 Å². The molecule has 0 aliphatic carbocycles. The Hall–Kier alpha value is -2.05. The van der Waals surface area contributed by atoms with Crippen LogP contribution in [0.4, 0.5) is 10.1 Å². The Kier molecular flexibility index (Phi) is 3.33. The summed E-state index contributed by atoms with van der Waals surface area (Å²) in [7, 11) is 0. The van der Waals surface area contributed by atoms with Crippen molar-refractivity contribution in [2.24, 2.45) is 0 Å². The summed E-state index contributed by atoms with van der Waals surface area (Å²) in [5.41, 5.74) is 1.55. The van der Waals surface area contributed by atoms with Gasteiger partial charge in [-0.15, -0.1) is 11.3 Å². The molecule has 0 spiro atoms. The molecule has 100 valence electrons. The zero-order valence-corrected chi connectivity index (χ0v) is 11.5. The van der Waals surface area contributed by atoms with Gasteiger partial charge in [-0.05, 0) is 24.3 Å². The highest BCUT2D eigenvalue weighted by Crippen LogP contribution is 2.26. The van der Waals surface area contributed by atoms with Gasteiger partial charge in [-0.3, -0.25) is 4.79 Å². The summed E-state index contributed by atoms with van der Waals surface area (Å²) in [5, 5.41) is 2.60. The summed E-state index contributed by atoms with van der Waals surface area (Å²) in [4.78, 5) is 19.6. The van der Waals surface area contributed by atoms with E-state index in [1.165, 1.54) is 23.6 Å². The van der Waals surface area contributed by atoms with Gasteiger partial charge in [0, 0.05) is 23.5 Å². The van der Waals surface area contributed by atoms with Crippen LogP contribution in [0.2, 0.25) is 4.47 Å². The van der Waals surface area contributed by atoms with Crippen LogP contribution in [0.15, 0.2) is 36.5 Å². The van der Waals surface area contributed by atoms with Crippen LogP contribution in [0.3, 0.4) is 0 Å². The number of rotatable bonds is 2. The van der Waals surface area contributed by atoms with Gasteiger partial charge in [0.05, 0.1) is 10.2 Å². The van der Waals surface area contributed by atoms with Gasteiger partial charge in [-0.25, -0.2) is 9.97 Å². The summed E-state index contributed by atoms with van der Waals surface area (Å²) in [6, 6.07) is 7.74. The lowest BCUT2D eigenvalue weighted by Gasteiger charge is -2.04. The van der Waals surface area contributed by atoms with E-state index in [9.17, 15) is 9.18 Å². The van der Waals surface area contributed by atoms with Crippen molar-refractivity contribution in [2.45, 2.75) is 0 Å². The number of halogens is 2. The predicted octanol–water partition coefficient (Wildman–Crippen LogP) is 3.74. The molecule has 0 bridgehead atoms. The fraction of sp³-hybridized carbons (Fsp3) is 0. The Morgan fingerprint density at radius 3 is 2.95 bits per heavy atom. The number of thiazole rings is 1. The van der Waals surface area contributed by atoms with Gasteiger partial charge in [0.2, 0.25) is 5.95 Å². The van der Waals surface area contributed by atoms with Crippen molar-refractivity contribution >= 4 is 44.7 Å². The van der Waals surface area contributed by atoms with Gasteiger partial charge >= 0.3 is 0 Å². The molecule has 4 nitrogen and oxygen atoms in total. The minimum absolute atomic E-state index is 0.331. The zero-order chi connectivity index (χ0) is 14.1. The van der Waals surface area contributed by atoms with Crippen LogP contribution >= 0.6 is 22.9 Å². The Balaban J connectivity index is 1.88. The number of hydrogen-bond acceptors (Lipinski definition) is 4. The molecule has 1 N–H and O–H groups in total. The number of carbonyl (C=O) groups excluding carboxylic acids is 1. The Morgan fingerprint density at radius 1 is 1.30 bits per heavy atom. The molecule has 2 aromatic heterocycles. The lowest BCUT2D eigenvalue weighted by molar-refractivity contribution is 0.102. The molecule has 0 fully saturated rings. The second kappa shape index (κ2) is 5.15. The van der Waals surface area contributed by atoms with Crippen LogP contribution in [0, 0.1) is 5.95 Å². The first-order chi connectivity index (χ1) is 9.61. The van der Waals surface area contributed by atoms with Crippen LogP contribution in [0.1, 0.15) is 10.4 Å². The topological polar surface area (TPSA) is 54.9 Å². The summed E-state index contributed by atoms with van der Waals surface area (Å²) < 4.78 is 14.2. The van der Waals surface area contributed by atoms with Crippen molar-refractivity contribution in [2.75, 3.05) is 5.32 Å². The zero-order valence-electron chi connectivity index (χ0n) is 9.93. The smallest absolute Gasteiger partial charge is 0.255 e. The van der Waals surface area contributed by atoms with Crippen molar-refractivity contribution in [3.8, 4) is 0 Å². The molecule has 0 aliphatic rings. The number of anilines is 1. The number of carbonyl (C=O) groups is 1. The minimum atomic E-state index is -0.646. The minimum Gasteiger partial charge on any atom is -0.322 e. The van der Waals surface area contributed by atoms with Gasteiger partial charge in [0.25, 0.3) is 5.91 Å². The monoisotopic (exact) mass is 307 g/mol. The van der Waals surface area contributed by atoms with Crippen molar-refractivity contribution in [3.63, 3.8) is 0 Å². The lowest BCUT2D eigenvalue weighted by atomic mass is 10.2. The third-order valence-electron chi connectivity index (χ3n) is 2.61. The maximum absolute atomic E-state index is 12.9. The van der Waals surface area contributed by atoms with Crippen LogP contribution in [0.25, 0.3) is 10.2 Å². The molecule has 0 aliphatic heterocycles. The number of aromatic nitrogens is 2. The summed E-state index contributed by atoms with van der Waals surface area (Å²) >= 11 is 7.12. The van der Waals surface area contributed by atoms with E-state index in [0.29, 0.717) is 15.7 Å². The van der Waals surface area contributed by atoms with Gasteiger partial charge in [0.15, 0.2) is 4.47 Å². The van der Waals surface area contributed by atoms with E-state index in [1.54, 1.807) is 18.2 Å². The summed E-state index contributed by atoms with van der Waals surface area (Å²) in [6.45, 7) is 0. The molecule has 2 heterocycles. The van der Waals surface area contributed by atoms with Crippen LogP contribution in [-0.4, -0.2) is 15.9 Å². The lowest BCUT2D eigenvalue weighted by Crippen LogP contribution is -2.11. The molecule has 1 aromatic carbocycles. The maximum Gasteiger partial charge on any atom is 0.255 e. The third-order valence-corrected chi connectivity index (χ3v) is 3.73. The fourth-order valence-corrected chi connectivity index (χ4v) is 2.79.